The third-order valence-corrected chi connectivity index (χ3v) is 0.688. The molecule has 0 saturated heterocycles. The molecular formula is C4H6N2O. The summed E-state index contributed by atoms with van der Waals surface area (Å²) in [5.41, 5.74) is 0. The molecule has 0 aliphatic carbocycles. The van der Waals surface area contributed by atoms with Crippen molar-refractivity contribution in [3.8, 4) is 0 Å². The number of hydrogen-bond acceptors (Lipinski definition) is 3. The molecule has 1 N–H and O–H groups in total. The number of aromatic nitrogens is 1. The van der Waals surface area contributed by atoms with Gasteiger partial charge in [-0.1, -0.05) is 0 Å². The van der Waals surface area contributed by atoms with Crippen molar-refractivity contribution in [3.05, 3.63) is 12.7 Å². The van der Waals surface area contributed by atoms with Crippen LogP contribution in [0.3, 0.4) is 0 Å². The van der Waals surface area contributed by atoms with Gasteiger partial charge in [0.2, 0.25) is 0 Å². The Kier molecular flexibility index (Phi) is 0.978. The lowest BCUT2D eigenvalue weighted by atomic mass is 10.8. The van der Waals surface area contributed by atoms with E-state index in [1.54, 1.807) is 13.3 Å². The number of rotatable bonds is 1. The number of hydrogen-bond donors (Lipinski definition) is 1. The van der Waals surface area contributed by atoms with Gasteiger partial charge in [0.15, 0.2) is 12.2 Å². The Morgan fingerprint density at radius 1 is 1.86 bits per heavy atom. The molecule has 0 amide bonds. The van der Waals surface area contributed by atoms with Crippen LogP contribution in [0.2, 0.25) is 0 Å². The third kappa shape index (κ3) is 0.707. The van der Waals surface area contributed by atoms with Crippen LogP contribution in [0.1, 0.15) is 0 Å². The minimum Gasteiger partial charge on any atom is -0.449 e. The van der Waals surface area contributed by atoms with Crippen LogP contribution in [-0.2, 0) is 0 Å². The lowest BCUT2D eigenvalue weighted by molar-refractivity contribution is 0.558. The standard InChI is InChI=1S/C4H6N2O/c1-5-4-2-7-3-6-4/h2-3,5H,1H3. The zero-order chi connectivity index (χ0) is 5.11. The molecule has 0 unspecified atom stereocenters. The van der Waals surface area contributed by atoms with Gasteiger partial charge in [0.1, 0.15) is 6.26 Å². The molecule has 0 aliphatic heterocycles. The third-order valence-electron chi connectivity index (χ3n) is 0.688. The molecule has 0 atom stereocenters. The smallest absolute Gasteiger partial charge is 0.182 e. The van der Waals surface area contributed by atoms with E-state index in [9.17, 15) is 0 Å². The van der Waals surface area contributed by atoms with E-state index in [-0.39, 0.29) is 0 Å². The number of nitrogens with zero attached hydrogens (tertiary/aromatic N) is 1. The number of nitrogens with one attached hydrogen (secondary N) is 1. The van der Waals surface area contributed by atoms with Crippen LogP contribution in [0.4, 0.5) is 5.82 Å². The van der Waals surface area contributed by atoms with E-state index >= 15 is 0 Å². The Hall–Kier alpha value is -0.990. The van der Waals surface area contributed by atoms with Crippen molar-refractivity contribution in [2.24, 2.45) is 0 Å². The van der Waals surface area contributed by atoms with Crippen molar-refractivity contribution in [1.29, 1.82) is 0 Å². The van der Waals surface area contributed by atoms with Crippen LogP contribution in [-0.4, -0.2) is 12.0 Å². The van der Waals surface area contributed by atoms with Crippen LogP contribution >= 0.6 is 0 Å². The fourth-order valence-corrected chi connectivity index (χ4v) is 0.336. The monoisotopic (exact) mass is 98.0 g/mol. The van der Waals surface area contributed by atoms with E-state index in [1.807, 2.05) is 0 Å². The summed E-state index contributed by atoms with van der Waals surface area (Å²) in [7, 11) is 1.79. The molecule has 1 rings (SSSR count). The maximum absolute atomic E-state index is 4.63. The van der Waals surface area contributed by atoms with Crippen LogP contribution in [0.15, 0.2) is 17.1 Å². The van der Waals surface area contributed by atoms with Gasteiger partial charge in [-0.2, -0.15) is 4.98 Å². The van der Waals surface area contributed by atoms with Gasteiger partial charge >= 0.3 is 0 Å². The minimum atomic E-state index is 0.764. The van der Waals surface area contributed by atoms with E-state index in [0.717, 1.165) is 5.82 Å². The molecule has 0 saturated carbocycles. The van der Waals surface area contributed by atoms with Crippen molar-refractivity contribution in [2.45, 2.75) is 0 Å². The lowest BCUT2D eigenvalue weighted by Crippen LogP contribution is -1.84. The summed E-state index contributed by atoms with van der Waals surface area (Å²) in [6.45, 7) is 0. The van der Waals surface area contributed by atoms with Crippen molar-refractivity contribution < 1.29 is 4.42 Å². The largest absolute Gasteiger partial charge is 0.449 e. The summed E-state index contributed by atoms with van der Waals surface area (Å²) in [6, 6.07) is 0. The van der Waals surface area contributed by atoms with Crippen molar-refractivity contribution in [3.63, 3.8) is 0 Å². The molecule has 0 aliphatic rings. The molecule has 0 radical (unpaired) electrons. The molecular weight excluding hydrogens is 92.1 g/mol. The average molecular weight is 98.1 g/mol. The first-order valence-corrected chi connectivity index (χ1v) is 1.99. The van der Waals surface area contributed by atoms with Crippen LogP contribution in [0.5, 0.6) is 0 Å². The fraction of sp³-hybridized carbons (Fsp3) is 0.250. The van der Waals surface area contributed by atoms with E-state index < -0.39 is 0 Å². The molecule has 3 nitrogen and oxygen atoms in total. The second-order valence-electron chi connectivity index (χ2n) is 1.12. The second kappa shape index (κ2) is 1.64. The van der Waals surface area contributed by atoms with E-state index in [2.05, 4.69) is 14.7 Å². The zero-order valence-corrected chi connectivity index (χ0v) is 4.01. The van der Waals surface area contributed by atoms with Gasteiger partial charge in [-0.25, -0.2) is 0 Å². The maximum Gasteiger partial charge on any atom is 0.182 e. The highest BCUT2D eigenvalue weighted by atomic mass is 16.3. The predicted molar refractivity (Wildman–Crippen MR) is 26.0 cm³/mol. The quantitative estimate of drug-likeness (QED) is 0.562. The maximum atomic E-state index is 4.63. The first-order chi connectivity index (χ1) is 3.43. The summed E-state index contributed by atoms with van der Waals surface area (Å²) in [6.07, 6.45) is 2.92. The molecule has 7 heavy (non-hydrogen) atoms. The van der Waals surface area contributed by atoms with Crippen molar-refractivity contribution >= 4 is 5.82 Å². The second-order valence-corrected chi connectivity index (χ2v) is 1.12. The van der Waals surface area contributed by atoms with Crippen molar-refractivity contribution in [2.75, 3.05) is 12.4 Å². The normalized spacial score (nSPS) is 8.71. The Labute approximate surface area is 41.4 Å². The molecule has 0 fully saturated rings. The summed E-state index contributed by atoms with van der Waals surface area (Å²) >= 11 is 0. The summed E-state index contributed by atoms with van der Waals surface area (Å²) in [5.74, 6) is 0.764. The van der Waals surface area contributed by atoms with Gasteiger partial charge < -0.3 is 9.73 Å². The van der Waals surface area contributed by atoms with Gasteiger partial charge in [-0.05, 0) is 0 Å². The Balaban J connectivity index is 2.76. The Morgan fingerprint density at radius 3 is 3.00 bits per heavy atom. The molecule has 3 heteroatoms. The molecule has 1 aromatic heterocycles. The van der Waals surface area contributed by atoms with Crippen LogP contribution in [0.25, 0.3) is 0 Å². The molecule has 1 aromatic rings. The van der Waals surface area contributed by atoms with Gasteiger partial charge in [0.25, 0.3) is 0 Å². The Morgan fingerprint density at radius 2 is 2.71 bits per heavy atom. The predicted octanol–water partition coefficient (Wildman–Crippen LogP) is 0.716. The first kappa shape index (κ1) is 4.18. The first-order valence-electron chi connectivity index (χ1n) is 1.99. The number of oxazole rings is 1. The van der Waals surface area contributed by atoms with Crippen LogP contribution in [0, 0.1) is 0 Å². The molecule has 38 valence electrons. The minimum absolute atomic E-state index is 0.764. The van der Waals surface area contributed by atoms with Crippen molar-refractivity contribution in [1.82, 2.24) is 4.98 Å². The highest BCUT2D eigenvalue weighted by molar-refractivity contribution is 5.26. The topological polar surface area (TPSA) is 38.1 Å². The summed E-state index contributed by atoms with van der Waals surface area (Å²) < 4.78 is 4.63. The fourth-order valence-electron chi connectivity index (χ4n) is 0.336. The molecule has 0 aromatic carbocycles. The highest BCUT2D eigenvalue weighted by Crippen LogP contribution is 1.96. The highest BCUT2D eigenvalue weighted by Gasteiger charge is 1.83. The number of anilines is 1. The summed E-state index contributed by atoms with van der Waals surface area (Å²) in [4.78, 5) is 3.76. The molecule has 1 heterocycles. The zero-order valence-electron chi connectivity index (χ0n) is 4.01. The molecule has 0 bridgehead atoms. The van der Waals surface area contributed by atoms with E-state index in [1.165, 1.54) is 6.39 Å². The lowest BCUT2D eigenvalue weighted by Gasteiger charge is -1.82. The van der Waals surface area contributed by atoms with Crippen LogP contribution < -0.4 is 5.32 Å². The SMILES string of the molecule is CNc1cocn1. The Bertz CT molecular complexity index is 124. The van der Waals surface area contributed by atoms with Gasteiger partial charge in [0.05, 0.1) is 0 Å². The van der Waals surface area contributed by atoms with Gasteiger partial charge in [-0.15, -0.1) is 0 Å². The van der Waals surface area contributed by atoms with Gasteiger partial charge in [-0.3, -0.25) is 0 Å². The average Bonchev–Trinajstić information content (AvgIpc) is 2.14. The van der Waals surface area contributed by atoms with E-state index in [0.29, 0.717) is 0 Å². The van der Waals surface area contributed by atoms with E-state index in [4.69, 9.17) is 0 Å². The molecule has 0 spiro atoms. The summed E-state index contributed by atoms with van der Waals surface area (Å²) in [5, 5.41) is 2.80. The van der Waals surface area contributed by atoms with Gasteiger partial charge in [0, 0.05) is 7.05 Å².